The number of fused-ring (bicyclic) bond motifs is 3. The summed E-state index contributed by atoms with van der Waals surface area (Å²) in [6.45, 7) is 1.75. The summed E-state index contributed by atoms with van der Waals surface area (Å²) in [5, 5.41) is 1.53. The van der Waals surface area contributed by atoms with E-state index < -0.39 is 11.7 Å². The van der Waals surface area contributed by atoms with E-state index in [0.717, 1.165) is 16.5 Å². The maximum absolute atomic E-state index is 15.0. The third kappa shape index (κ3) is 2.91. The van der Waals surface area contributed by atoms with Gasteiger partial charge in [0, 0.05) is 34.5 Å². The highest BCUT2D eigenvalue weighted by Crippen LogP contribution is 2.33. The number of pyridine rings is 1. The number of primary amides is 1. The number of carbonyl (C=O) groups is 1. The van der Waals surface area contributed by atoms with Crippen LogP contribution >= 0.6 is 0 Å². The van der Waals surface area contributed by atoms with Crippen LogP contribution in [0.3, 0.4) is 0 Å². The number of benzene rings is 2. The molecule has 2 aromatic heterocycles. The standard InChI is InChI=1S/C22H16FN3O/c1-2-5-14-9-8-13(12-25-14)10-16-18(23)11-17(22(24)27)21-20(16)15-6-3-4-7-19(15)26-21/h3-4,6-9,11-12,26H,10H2,1H3,(H2,24,27). The fourth-order valence-electron chi connectivity index (χ4n) is 3.37. The first-order chi connectivity index (χ1) is 13.1. The Morgan fingerprint density at radius 1 is 1.26 bits per heavy atom. The van der Waals surface area contributed by atoms with Crippen LogP contribution in [-0.4, -0.2) is 15.9 Å². The van der Waals surface area contributed by atoms with Crippen molar-refractivity contribution in [3.63, 3.8) is 0 Å². The van der Waals surface area contributed by atoms with Crippen molar-refractivity contribution in [3.8, 4) is 11.8 Å². The Balaban J connectivity index is 1.94. The number of nitrogens with two attached hydrogens (primary N) is 1. The lowest BCUT2D eigenvalue weighted by Crippen LogP contribution is -2.13. The van der Waals surface area contributed by atoms with Crippen molar-refractivity contribution in [2.75, 3.05) is 0 Å². The average Bonchev–Trinajstić information content (AvgIpc) is 3.04. The zero-order valence-corrected chi connectivity index (χ0v) is 14.6. The highest BCUT2D eigenvalue weighted by Gasteiger charge is 2.19. The number of carbonyl (C=O) groups excluding carboxylic acids is 1. The second kappa shape index (κ2) is 6.58. The first kappa shape index (κ1) is 16.8. The molecule has 0 saturated carbocycles. The van der Waals surface area contributed by atoms with Crippen LogP contribution in [0.1, 0.15) is 34.1 Å². The fourth-order valence-corrected chi connectivity index (χ4v) is 3.37. The SMILES string of the molecule is CC#Cc1ccc(Cc2c(F)cc(C(N)=O)c3[nH]c4ccccc4c23)cn1. The van der Waals surface area contributed by atoms with Crippen LogP contribution in [-0.2, 0) is 6.42 Å². The number of aromatic nitrogens is 2. The Kier molecular flexibility index (Phi) is 4.09. The number of nitrogens with one attached hydrogen (secondary N) is 1. The first-order valence-electron chi connectivity index (χ1n) is 8.47. The maximum Gasteiger partial charge on any atom is 0.250 e. The average molecular weight is 357 g/mol. The highest BCUT2D eigenvalue weighted by atomic mass is 19.1. The van der Waals surface area contributed by atoms with Gasteiger partial charge in [0.1, 0.15) is 11.5 Å². The van der Waals surface area contributed by atoms with Crippen LogP contribution in [0, 0.1) is 17.7 Å². The van der Waals surface area contributed by atoms with Gasteiger partial charge in [-0.2, -0.15) is 0 Å². The molecule has 0 radical (unpaired) electrons. The third-order valence-corrected chi connectivity index (χ3v) is 4.56. The number of nitrogens with zero attached hydrogens (tertiary/aromatic N) is 1. The molecule has 2 heterocycles. The largest absolute Gasteiger partial charge is 0.366 e. The maximum atomic E-state index is 15.0. The lowest BCUT2D eigenvalue weighted by molar-refractivity contribution is 0.100. The van der Waals surface area contributed by atoms with Gasteiger partial charge in [-0.1, -0.05) is 30.2 Å². The molecule has 0 aliphatic carbocycles. The summed E-state index contributed by atoms with van der Waals surface area (Å²) in [4.78, 5) is 19.3. The number of para-hydroxylation sites is 1. The van der Waals surface area contributed by atoms with Gasteiger partial charge in [-0.25, -0.2) is 9.37 Å². The molecule has 1 amide bonds. The van der Waals surface area contributed by atoms with E-state index in [9.17, 15) is 9.18 Å². The van der Waals surface area contributed by atoms with E-state index in [1.54, 1.807) is 13.1 Å². The number of hydrogen-bond acceptors (Lipinski definition) is 2. The molecule has 0 aliphatic rings. The van der Waals surface area contributed by atoms with Crippen LogP contribution in [0.15, 0.2) is 48.7 Å². The lowest BCUT2D eigenvalue weighted by Gasteiger charge is -2.09. The molecule has 0 fully saturated rings. The number of halogens is 1. The van der Waals surface area contributed by atoms with Gasteiger partial charge in [0.2, 0.25) is 0 Å². The van der Waals surface area contributed by atoms with E-state index in [-0.39, 0.29) is 5.56 Å². The predicted molar refractivity (Wildman–Crippen MR) is 104 cm³/mol. The van der Waals surface area contributed by atoms with Gasteiger partial charge in [0.15, 0.2) is 0 Å². The van der Waals surface area contributed by atoms with Crippen LogP contribution in [0.25, 0.3) is 21.8 Å². The van der Waals surface area contributed by atoms with E-state index in [1.807, 2.05) is 36.4 Å². The molecule has 3 N–H and O–H groups in total. The number of hydrogen-bond donors (Lipinski definition) is 2. The second-order valence-corrected chi connectivity index (χ2v) is 6.27. The molecule has 0 spiro atoms. The summed E-state index contributed by atoms with van der Waals surface area (Å²) in [5.74, 6) is 4.56. The van der Waals surface area contributed by atoms with Crippen LogP contribution in [0.5, 0.6) is 0 Å². The molecular weight excluding hydrogens is 341 g/mol. The van der Waals surface area contributed by atoms with Crippen molar-refractivity contribution in [2.45, 2.75) is 13.3 Å². The van der Waals surface area contributed by atoms with Gasteiger partial charge in [0.25, 0.3) is 5.91 Å². The molecule has 4 nitrogen and oxygen atoms in total. The number of rotatable bonds is 3. The molecular formula is C22H16FN3O. The molecule has 5 heteroatoms. The Morgan fingerprint density at radius 2 is 2.07 bits per heavy atom. The molecule has 0 saturated heterocycles. The second-order valence-electron chi connectivity index (χ2n) is 6.27. The number of amides is 1. The van der Waals surface area contributed by atoms with Gasteiger partial charge >= 0.3 is 0 Å². The minimum Gasteiger partial charge on any atom is -0.366 e. The minimum atomic E-state index is -0.666. The Labute approximate surface area is 155 Å². The van der Waals surface area contributed by atoms with Gasteiger partial charge in [-0.3, -0.25) is 4.79 Å². The van der Waals surface area contributed by atoms with E-state index in [0.29, 0.717) is 28.6 Å². The minimum absolute atomic E-state index is 0.147. The molecule has 2 aromatic carbocycles. The third-order valence-electron chi connectivity index (χ3n) is 4.56. The fraction of sp³-hybridized carbons (Fsp3) is 0.0909. The van der Waals surface area contributed by atoms with Crippen molar-refractivity contribution in [3.05, 3.63) is 76.9 Å². The number of H-pyrrole nitrogens is 1. The summed E-state index contributed by atoms with van der Waals surface area (Å²) < 4.78 is 15.0. The van der Waals surface area contributed by atoms with E-state index in [1.165, 1.54) is 6.07 Å². The van der Waals surface area contributed by atoms with Crippen LogP contribution in [0.2, 0.25) is 0 Å². The summed E-state index contributed by atoms with van der Waals surface area (Å²) in [6, 6.07) is 12.5. The summed E-state index contributed by atoms with van der Waals surface area (Å²) in [6.07, 6.45) is 2.04. The summed E-state index contributed by atoms with van der Waals surface area (Å²) in [7, 11) is 0. The molecule has 27 heavy (non-hydrogen) atoms. The Hall–Kier alpha value is -3.65. The quantitative estimate of drug-likeness (QED) is 0.546. The highest BCUT2D eigenvalue weighted by molar-refractivity contribution is 6.16. The van der Waals surface area contributed by atoms with E-state index in [2.05, 4.69) is 21.8 Å². The van der Waals surface area contributed by atoms with Gasteiger partial charge in [-0.15, -0.1) is 0 Å². The van der Waals surface area contributed by atoms with Crippen molar-refractivity contribution >= 4 is 27.7 Å². The first-order valence-corrected chi connectivity index (χ1v) is 8.47. The topological polar surface area (TPSA) is 71.8 Å². The number of aromatic amines is 1. The molecule has 0 atom stereocenters. The zero-order chi connectivity index (χ0) is 19.0. The molecule has 0 aliphatic heterocycles. The van der Waals surface area contributed by atoms with E-state index >= 15 is 0 Å². The molecule has 0 bridgehead atoms. The van der Waals surface area contributed by atoms with Crippen LogP contribution < -0.4 is 5.73 Å². The van der Waals surface area contributed by atoms with Gasteiger partial charge in [-0.05, 0) is 36.6 Å². The summed E-state index contributed by atoms with van der Waals surface area (Å²) in [5.41, 5.74) is 9.03. The van der Waals surface area contributed by atoms with Gasteiger partial charge < -0.3 is 10.7 Å². The molecule has 0 unspecified atom stereocenters. The lowest BCUT2D eigenvalue weighted by atomic mass is 9.97. The monoisotopic (exact) mass is 357 g/mol. The molecule has 4 rings (SSSR count). The predicted octanol–water partition coefficient (Wildman–Crippen LogP) is 3.92. The zero-order valence-electron chi connectivity index (χ0n) is 14.6. The van der Waals surface area contributed by atoms with Crippen LogP contribution in [0.4, 0.5) is 4.39 Å². The van der Waals surface area contributed by atoms with Crippen molar-refractivity contribution in [1.82, 2.24) is 9.97 Å². The van der Waals surface area contributed by atoms with Crippen molar-refractivity contribution < 1.29 is 9.18 Å². The molecule has 132 valence electrons. The summed E-state index contributed by atoms with van der Waals surface area (Å²) >= 11 is 0. The Morgan fingerprint density at radius 3 is 2.78 bits per heavy atom. The molecule has 4 aromatic rings. The van der Waals surface area contributed by atoms with Crippen molar-refractivity contribution in [2.24, 2.45) is 5.73 Å². The normalized spacial score (nSPS) is 10.7. The van der Waals surface area contributed by atoms with E-state index in [4.69, 9.17) is 5.73 Å². The Bertz CT molecular complexity index is 1240. The van der Waals surface area contributed by atoms with Crippen molar-refractivity contribution in [1.29, 1.82) is 0 Å². The van der Waals surface area contributed by atoms with Gasteiger partial charge in [0.05, 0.1) is 11.1 Å². The smallest absolute Gasteiger partial charge is 0.250 e.